The third kappa shape index (κ3) is 4.09. The van der Waals surface area contributed by atoms with Crippen molar-refractivity contribution in [2.24, 2.45) is 0 Å². The number of pyridine rings is 1. The molecule has 0 atom stereocenters. The van der Waals surface area contributed by atoms with Gasteiger partial charge in [0.15, 0.2) is 0 Å². The van der Waals surface area contributed by atoms with Crippen LogP contribution in [0.5, 0.6) is 5.75 Å². The van der Waals surface area contributed by atoms with Crippen LogP contribution in [0.4, 0.5) is 0 Å². The Hall–Kier alpha value is -2.36. The molecule has 1 heterocycles. The lowest BCUT2D eigenvalue weighted by Gasteiger charge is -2.06. The van der Waals surface area contributed by atoms with E-state index >= 15 is 0 Å². The summed E-state index contributed by atoms with van der Waals surface area (Å²) in [6.07, 6.45) is 3.52. The second-order valence-electron chi connectivity index (χ2n) is 4.41. The molecule has 1 aromatic heterocycles. The maximum absolute atomic E-state index is 11.9. The number of aromatic nitrogens is 1. The van der Waals surface area contributed by atoms with E-state index in [1.165, 1.54) is 0 Å². The summed E-state index contributed by atoms with van der Waals surface area (Å²) in [6, 6.07) is 12.9. The number of carbonyl (C=O) groups excluding carboxylic acids is 1. The number of carbonyl (C=O) groups is 1. The van der Waals surface area contributed by atoms with E-state index in [4.69, 9.17) is 4.74 Å². The molecular weight excluding hydrogens is 252 g/mol. The normalized spacial score (nSPS) is 10.1. The number of hydrogen-bond donors (Lipinski definition) is 1. The number of rotatable bonds is 6. The zero-order valence-electron chi connectivity index (χ0n) is 11.5. The van der Waals surface area contributed by atoms with E-state index in [0.29, 0.717) is 12.1 Å². The molecule has 0 saturated heterocycles. The molecule has 0 bridgehead atoms. The van der Waals surface area contributed by atoms with Crippen LogP contribution in [0.1, 0.15) is 22.5 Å². The second kappa shape index (κ2) is 7.28. The Morgan fingerprint density at radius 3 is 2.65 bits per heavy atom. The number of nitrogens with zero attached hydrogens (tertiary/aromatic N) is 1. The highest BCUT2D eigenvalue weighted by Gasteiger charge is 2.04. The van der Waals surface area contributed by atoms with E-state index < -0.39 is 0 Å². The van der Waals surface area contributed by atoms with Crippen molar-refractivity contribution < 1.29 is 9.53 Å². The number of aryl methyl sites for hydroxylation is 1. The van der Waals surface area contributed by atoms with Gasteiger partial charge in [-0.2, -0.15) is 0 Å². The Kier molecular flexibility index (Phi) is 5.12. The van der Waals surface area contributed by atoms with Crippen LogP contribution in [-0.4, -0.2) is 24.5 Å². The average Bonchev–Trinajstić information content (AvgIpc) is 2.52. The third-order valence-corrected chi connectivity index (χ3v) is 2.97. The van der Waals surface area contributed by atoms with Gasteiger partial charge in [-0.25, -0.2) is 0 Å². The molecule has 0 unspecified atom stereocenters. The Balaban J connectivity index is 1.74. The number of benzene rings is 1. The average molecular weight is 270 g/mol. The summed E-state index contributed by atoms with van der Waals surface area (Å²) in [5.41, 5.74) is 1.69. The Morgan fingerprint density at radius 2 is 2.00 bits per heavy atom. The van der Waals surface area contributed by atoms with Gasteiger partial charge in [-0.05, 0) is 49.2 Å². The van der Waals surface area contributed by atoms with E-state index in [-0.39, 0.29) is 5.91 Å². The number of amides is 1. The van der Waals surface area contributed by atoms with Gasteiger partial charge in [-0.15, -0.1) is 0 Å². The zero-order valence-corrected chi connectivity index (χ0v) is 11.5. The summed E-state index contributed by atoms with van der Waals surface area (Å²) >= 11 is 0. The summed E-state index contributed by atoms with van der Waals surface area (Å²) in [4.78, 5) is 16.1. The smallest absolute Gasteiger partial charge is 0.251 e. The van der Waals surface area contributed by atoms with Gasteiger partial charge >= 0.3 is 0 Å². The largest absolute Gasteiger partial charge is 0.497 e. The Morgan fingerprint density at radius 1 is 1.20 bits per heavy atom. The Bertz CT molecular complexity index is 538. The van der Waals surface area contributed by atoms with Crippen LogP contribution in [-0.2, 0) is 6.42 Å². The number of hydrogen-bond acceptors (Lipinski definition) is 3. The summed E-state index contributed by atoms with van der Waals surface area (Å²) in [5, 5.41) is 2.90. The summed E-state index contributed by atoms with van der Waals surface area (Å²) < 4.78 is 5.06. The minimum Gasteiger partial charge on any atom is -0.497 e. The molecule has 4 nitrogen and oxygen atoms in total. The highest BCUT2D eigenvalue weighted by Crippen LogP contribution is 2.11. The quantitative estimate of drug-likeness (QED) is 0.820. The molecule has 0 aliphatic carbocycles. The highest BCUT2D eigenvalue weighted by atomic mass is 16.5. The van der Waals surface area contributed by atoms with Gasteiger partial charge in [0.1, 0.15) is 5.75 Å². The molecule has 104 valence electrons. The lowest BCUT2D eigenvalue weighted by Crippen LogP contribution is -2.24. The maximum Gasteiger partial charge on any atom is 0.251 e. The second-order valence-corrected chi connectivity index (χ2v) is 4.41. The van der Waals surface area contributed by atoms with Gasteiger partial charge < -0.3 is 10.1 Å². The van der Waals surface area contributed by atoms with Crippen molar-refractivity contribution in [2.75, 3.05) is 13.7 Å². The highest BCUT2D eigenvalue weighted by molar-refractivity contribution is 5.94. The number of methoxy groups -OCH3 is 1. The van der Waals surface area contributed by atoms with Crippen LogP contribution in [0.3, 0.4) is 0 Å². The minimum atomic E-state index is -0.0614. The zero-order chi connectivity index (χ0) is 14.2. The molecule has 0 fully saturated rings. The lowest BCUT2D eigenvalue weighted by atomic mass is 10.2. The standard InChI is InChI=1S/C16H18N2O2/c1-20-15-9-7-13(8-10-15)16(19)18-12-4-6-14-5-2-3-11-17-14/h2-3,5,7-11H,4,6,12H2,1H3,(H,18,19). The first-order valence-electron chi connectivity index (χ1n) is 6.62. The fraction of sp³-hybridized carbons (Fsp3) is 0.250. The van der Waals surface area contributed by atoms with Gasteiger partial charge in [-0.3, -0.25) is 9.78 Å². The molecule has 0 radical (unpaired) electrons. The molecule has 0 aliphatic rings. The predicted molar refractivity (Wildman–Crippen MR) is 77.9 cm³/mol. The topological polar surface area (TPSA) is 51.2 Å². The maximum atomic E-state index is 11.9. The van der Waals surface area contributed by atoms with Crippen LogP contribution < -0.4 is 10.1 Å². The molecule has 20 heavy (non-hydrogen) atoms. The van der Waals surface area contributed by atoms with E-state index in [9.17, 15) is 4.79 Å². The molecule has 0 saturated carbocycles. The van der Waals surface area contributed by atoms with Crippen molar-refractivity contribution in [3.05, 3.63) is 59.9 Å². The van der Waals surface area contributed by atoms with Crippen molar-refractivity contribution in [1.29, 1.82) is 0 Å². The van der Waals surface area contributed by atoms with Crippen molar-refractivity contribution in [2.45, 2.75) is 12.8 Å². The van der Waals surface area contributed by atoms with E-state index in [1.807, 2.05) is 18.2 Å². The monoisotopic (exact) mass is 270 g/mol. The lowest BCUT2D eigenvalue weighted by molar-refractivity contribution is 0.0953. The first-order valence-corrected chi connectivity index (χ1v) is 6.62. The van der Waals surface area contributed by atoms with Gasteiger partial charge in [0.2, 0.25) is 0 Å². The van der Waals surface area contributed by atoms with Crippen LogP contribution >= 0.6 is 0 Å². The fourth-order valence-corrected chi connectivity index (χ4v) is 1.86. The third-order valence-electron chi connectivity index (χ3n) is 2.97. The van der Waals surface area contributed by atoms with Crippen molar-refractivity contribution >= 4 is 5.91 Å². The summed E-state index contributed by atoms with van der Waals surface area (Å²) in [7, 11) is 1.60. The first-order chi connectivity index (χ1) is 9.79. The van der Waals surface area contributed by atoms with Crippen molar-refractivity contribution in [1.82, 2.24) is 10.3 Å². The molecule has 2 aromatic rings. The molecule has 1 amide bonds. The van der Waals surface area contributed by atoms with Gasteiger partial charge in [-0.1, -0.05) is 6.07 Å². The van der Waals surface area contributed by atoms with Crippen LogP contribution in [0.25, 0.3) is 0 Å². The number of ether oxygens (including phenoxy) is 1. The molecule has 0 spiro atoms. The van der Waals surface area contributed by atoms with Crippen LogP contribution in [0.15, 0.2) is 48.7 Å². The Labute approximate surface area is 118 Å². The summed E-state index contributed by atoms with van der Waals surface area (Å²) in [6.45, 7) is 0.640. The van der Waals surface area contributed by atoms with Gasteiger partial charge in [0, 0.05) is 24.0 Å². The molecule has 0 aliphatic heterocycles. The van der Waals surface area contributed by atoms with Crippen LogP contribution in [0, 0.1) is 0 Å². The first kappa shape index (κ1) is 14.1. The minimum absolute atomic E-state index is 0.0614. The SMILES string of the molecule is COc1ccc(C(=O)NCCCc2ccccn2)cc1. The van der Waals surface area contributed by atoms with Gasteiger partial charge in [0.25, 0.3) is 5.91 Å². The van der Waals surface area contributed by atoms with E-state index in [0.717, 1.165) is 24.3 Å². The van der Waals surface area contributed by atoms with E-state index in [2.05, 4.69) is 10.3 Å². The molecule has 1 aromatic carbocycles. The van der Waals surface area contributed by atoms with E-state index in [1.54, 1.807) is 37.6 Å². The predicted octanol–water partition coefficient (Wildman–Crippen LogP) is 2.45. The number of nitrogens with one attached hydrogen (secondary N) is 1. The molecule has 1 N–H and O–H groups in total. The molecular formula is C16H18N2O2. The fourth-order valence-electron chi connectivity index (χ4n) is 1.86. The van der Waals surface area contributed by atoms with Gasteiger partial charge in [0.05, 0.1) is 7.11 Å². The molecule has 4 heteroatoms. The molecule has 2 rings (SSSR count). The summed E-state index contributed by atoms with van der Waals surface area (Å²) in [5.74, 6) is 0.686. The van der Waals surface area contributed by atoms with Crippen molar-refractivity contribution in [3.63, 3.8) is 0 Å². The van der Waals surface area contributed by atoms with Crippen molar-refractivity contribution in [3.8, 4) is 5.75 Å². The van der Waals surface area contributed by atoms with Crippen LogP contribution in [0.2, 0.25) is 0 Å².